The number of nitrogens with two attached hydrogens (primary N) is 2. The molecule has 4 heteroatoms. The van der Waals surface area contributed by atoms with Crippen LogP contribution in [-0.2, 0) is 9.53 Å². The van der Waals surface area contributed by atoms with Gasteiger partial charge in [-0.15, -0.1) is 0 Å². The Balaban J connectivity index is 2.56. The SMILES string of the molecule is NC(=O)[C@]1(N)CCCOC1. The standard InChI is InChI=1S/C6H12N2O2/c7-5(9)6(8)2-1-3-10-4-6/h1-4,8H2,(H2,7,9)/t6-/m0/s1. The first-order valence-electron chi connectivity index (χ1n) is 3.32. The van der Waals surface area contributed by atoms with Crippen LogP contribution < -0.4 is 11.5 Å². The van der Waals surface area contributed by atoms with E-state index in [1.165, 1.54) is 0 Å². The van der Waals surface area contributed by atoms with Gasteiger partial charge in [-0.25, -0.2) is 0 Å². The Morgan fingerprint density at radius 1 is 1.60 bits per heavy atom. The van der Waals surface area contributed by atoms with Crippen molar-refractivity contribution in [2.45, 2.75) is 18.4 Å². The third-order valence-corrected chi connectivity index (χ3v) is 1.76. The van der Waals surface area contributed by atoms with Crippen LogP contribution in [0.5, 0.6) is 0 Å². The highest BCUT2D eigenvalue weighted by atomic mass is 16.5. The number of hydrogen-bond acceptors (Lipinski definition) is 3. The summed E-state index contributed by atoms with van der Waals surface area (Å²) in [4.78, 5) is 10.7. The van der Waals surface area contributed by atoms with Crippen LogP contribution in [0.2, 0.25) is 0 Å². The maximum absolute atomic E-state index is 10.7. The zero-order valence-electron chi connectivity index (χ0n) is 5.80. The molecular weight excluding hydrogens is 132 g/mol. The van der Waals surface area contributed by atoms with E-state index in [4.69, 9.17) is 16.2 Å². The molecule has 4 N–H and O–H groups in total. The van der Waals surface area contributed by atoms with Crippen molar-refractivity contribution >= 4 is 5.91 Å². The second-order valence-corrected chi connectivity index (χ2v) is 2.68. The minimum atomic E-state index is -0.905. The van der Waals surface area contributed by atoms with Crippen molar-refractivity contribution in [3.05, 3.63) is 0 Å². The molecule has 4 nitrogen and oxygen atoms in total. The summed E-state index contributed by atoms with van der Waals surface area (Å²) in [6.45, 7) is 0.953. The number of amides is 1. The molecule has 0 aromatic carbocycles. The number of carbonyl (C=O) groups is 1. The second-order valence-electron chi connectivity index (χ2n) is 2.68. The van der Waals surface area contributed by atoms with E-state index in [1.54, 1.807) is 0 Å². The lowest BCUT2D eigenvalue weighted by Gasteiger charge is -2.29. The first-order chi connectivity index (χ1) is 4.65. The van der Waals surface area contributed by atoms with Gasteiger partial charge in [0.1, 0.15) is 5.54 Å². The van der Waals surface area contributed by atoms with Crippen LogP contribution in [0.15, 0.2) is 0 Å². The fraction of sp³-hybridized carbons (Fsp3) is 0.833. The number of ether oxygens (including phenoxy) is 1. The summed E-state index contributed by atoms with van der Waals surface area (Å²) < 4.78 is 5.02. The highest BCUT2D eigenvalue weighted by Crippen LogP contribution is 2.14. The van der Waals surface area contributed by atoms with Crippen LogP contribution in [0.25, 0.3) is 0 Å². The minimum Gasteiger partial charge on any atom is -0.379 e. The molecule has 0 aromatic heterocycles. The van der Waals surface area contributed by atoms with Gasteiger partial charge in [-0.2, -0.15) is 0 Å². The smallest absolute Gasteiger partial charge is 0.239 e. The molecule has 1 rings (SSSR count). The van der Waals surface area contributed by atoms with Crippen LogP contribution in [0.1, 0.15) is 12.8 Å². The summed E-state index contributed by atoms with van der Waals surface area (Å²) in [7, 11) is 0. The molecule has 10 heavy (non-hydrogen) atoms. The molecule has 0 aromatic rings. The van der Waals surface area contributed by atoms with Crippen molar-refractivity contribution < 1.29 is 9.53 Å². The Morgan fingerprint density at radius 3 is 2.60 bits per heavy atom. The number of rotatable bonds is 1. The van der Waals surface area contributed by atoms with E-state index in [1.807, 2.05) is 0 Å². The average Bonchev–Trinajstić information content (AvgIpc) is 1.89. The molecule has 58 valence electrons. The molecule has 0 spiro atoms. The van der Waals surface area contributed by atoms with E-state index in [0.29, 0.717) is 13.0 Å². The normalized spacial score (nSPS) is 33.7. The van der Waals surface area contributed by atoms with Crippen LogP contribution in [-0.4, -0.2) is 24.7 Å². The van der Waals surface area contributed by atoms with Crippen molar-refractivity contribution in [3.8, 4) is 0 Å². The lowest BCUT2D eigenvalue weighted by molar-refractivity contribution is -0.127. The van der Waals surface area contributed by atoms with Crippen molar-refractivity contribution in [3.63, 3.8) is 0 Å². The first-order valence-corrected chi connectivity index (χ1v) is 3.32. The summed E-state index contributed by atoms with van der Waals surface area (Å²) in [6.07, 6.45) is 1.46. The minimum absolute atomic E-state index is 0.266. The lowest BCUT2D eigenvalue weighted by Crippen LogP contribution is -2.57. The fourth-order valence-electron chi connectivity index (χ4n) is 1.01. The summed E-state index contributed by atoms with van der Waals surface area (Å²) in [5.74, 6) is -0.466. The monoisotopic (exact) mass is 144 g/mol. The maximum Gasteiger partial charge on any atom is 0.239 e. The highest BCUT2D eigenvalue weighted by molar-refractivity contribution is 5.84. The summed E-state index contributed by atoms with van der Waals surface area (Å²) in [5.41, 5.74) is 9.76. The largest absolute Gasteiger partial charge is 0.379 e. The summed E-state index contributed by atoms with van der Waals surface area (Å²) in [5, 5.41) is 0. The number of hydrogen-bond donors (Lipinski definition) is 2. The predicted molar refractivity (Wildman–Crippen MR) is 36.2 cm³/mol. The molecule has 1 heterocycles. The van der Waals surface area contributed by atoms with Crippen molar-refractivity contribution in [2.75, 3.05) is 13.2 Å². The Bertz CT molecular complexity index is 141. The molecule has 0 saturated carbocycles. The zero-order valence-corrected chi connectivity index (χ0v) is 5.80. The Kier molecular flexibility index (Phi) is 1.92. The van der Waals surface area contributed by atoms with Crippen LogP contribution in [0.3, 0.4) is 0 Å². The van der Waals surface area contributed by atoms with Gasteiger partial charge >= 0.3 is 0 Å². The van der Waals surface area contributed by atoms with Gasteiger partial charge in [0, 0.05) is 6.61 Å². The molecular formula is C6H12N2O2. The Hall–Kier alpha value is -0.610. The van der Waals surface area contributed by atoms with E-state index in [2.05, 4.69) is 0 Å². The highest BCUT2D eigenvalue weighted by Gasteiger charge is 2.33. The Morgan fingerprint density at radius 2 is 2.30 bits per heavy atom. The van der Waals surface area contributed by atoms with E-state index < -0.39 is 11.4 Å². The van der Waals surface area contributed by atoms with Gasteiger partial charge in [-0.1, -0.05) is 0 Å². The maximum atomic E-state index is 10.7. The van der Waals surface area contributed by atoms with E-state index in [0.717, 1.165) is 6.42 Å². The van der Waals surface area contributed by atoms with Gasteiger partial charge in [-0.05, 0) is 12.8 Å². The number of primary amides is 1. The van der Waals surface area contributed by atoms with E-state index >= 15 is 0 Å². The lowest BCUT2D eigenvalue weighted by atomic mass is 9.93. The molecule has 1 fully saturated rings. The molecule has 1 aliphatic rings. The second kappa shape index (κ2) is 2.56. The Labute approximate surface area is 59.5 Å². The van der Waals surface area contributed by atoms with Crippen LogP contribution >= 0.6 is 0 Å². The fourth-order valence-corrected chi connectivity index (χ4v) is 1.01. The van der Waals surface area contributed by atoms with Gasteiger partial charge in [0.15, 0.2) is 0 Å². The molecule has 1 atom stereocenters. The summed E-state index contributed by atoms with van der Waals surface area (Å²) in [6, 6.07) is 0. The van der Waals surface area contributed by atoms with E-state index in [9.17, 15) is 4.79 Å². The van der Waals surface area contributed by atoms with Crippen molar-refractivity contribution in [1.82, 2.24) is 0 Å². The molecule has 0 bridgehead atoms. The van der Waals surface area contributed by atoms with Gasteiger partial charge in [0.2, 0.25) is 5.91 Å². The van der Waals surface area contributed by atoms with Crippen LogP contribution in [0.4, 0.5) is 0 Å². The predicted octanol–water partition coefficient (Wildman–Crippen LogP) is -1.02. The molecule has 0 radical (unpaired) electrons. The van der Waals surface area contributed by atoms with Gasteiger partial charge in [0.05, 0.1) is 6.61 Å². The molecule has 1 amide bonds. The van der Waals surface area contributed by atoms with E-state index in [-0.39, 0.29) is 6.61 Å². The summed E-state index contributed by atoms with van der Waals surface area (Å²) >= 11 is 0. The number of carbonyl (C=O) groups excluding carboxylic acids is 1. The molecule has 0 aliphatic carbocycles. The van der Waals surface area contributed by atoms with Gasteiger partial charge < -0.3 is 16.2 Å². The van der Waals surface area contributed by atoms with Gasteiger partial charge in [0.25, 0.3) is 0 Å². The molecule has 1 saturated heterocycles. The third kappa shape index (κ3) is 1.27. The van der Waals surface area contributed by atoms with Crippen molar-refractivity contribution in [1.29, 1.82) is 0 Å². The van der Waals surface area contributed by atoms with Gasteiger partial charge in [-0.3, -0.25) is 4.79 Å². The third-order valence-electron chi connectivity index (χ3n) is 1.76. The zero-order chi connectivity index (χ0) is 7.61. The van der Waals surface area contributed by atoms with Crippen LogP contribution in [0, 0.1) is 0 Å². The molecule has 1 aliphatic heterocycles. The molecule has 0 unspecified atom stereocenters. The quantitative estimate of drug-likeness (QED) is 0.494. The van der Waals surface area contributed by atoms with Crippen molar-refractivity contribution in [2.24, 2.45) is 11.5 Å². The average molecular weight is 144 g/mol. The topological polar surface area (TPSA) is 78.3 Å². The first kappa shape index (κ1) is 7.50.